The molecule has 0 radical (unpaired) electrons. The fraction of sp³-hybridized carbons (Fsp3) is 0.176. The number of anilines is 2. The van der Waals surface area contributed by atoms with Crippen LogP contribution in [0.5, 0.6) is 0 Å². The first-order valence-electron chi connectivity index (χ1n) is 14.5. The molecule has 3 aliphatic rings. The van der Waals surface area contributed by atoms with E-state index in [-0.39, 0.29) is 11.9 Å². The van der Waals surface area contributed by atoms with Gasteiger partial charge >= 0.3 is 0 Å². The average molecular weight is 569 g/mol. The molecule has 43 heavy (non-hydrogen) atoms. The van der Waals surface area contributed by atoms with Crippen molar-refractivity contribution in [3.8, 4) is 5.69 Å². The van der Waals surface area contributed by atoms with Gasteiger partial charge in [-0.25, -0.2) is 19.1 Å². The van der Waals surface area contributed by atoms with Crippen LogP contribution in [0.4, 0.5) is 27.3 Å². The number of aromatic nitrogens is 3. The standard InChI is InChI=1S/C34H29FN8/c1-23-30-31(28-12-7-8-18-36-28)42-29-13-6-5-11-27(29)37-33(34(42)38-32(30)43(39-23)26-9-3-2-4-10-26)41-21-19-40(20-22-41)25-16-14-24(35)15-17-25/h2-18,31H,19-22H2,1H3/t31-/m0/s1. The maximum atomic E-state index is 13.6. The Morgan fingerprint density at radius 3 is 2.19 bits per heavy atom. The van der Waals surface area contributed by atoms with E-state index >= 15 is 0 Å². The molecule has 8 rings (SSSR count). The van der Waals surface area contributed by atoms with Gasteiger partial charge in [-0.3, -0.25) is 4.98 Å². The maximum Gasteiger partial charge on any atom is 0.179 e. The normalized spacial score (nSPS) is 17.5. The number of pyridine rings is 1. The van der Waals surface area contributed by atoms with Crippen molar-refractivity contribution in [2.75, 3.05) is 36.0 Å². The van der Waals surface area contributed by atoms with Gasteiger partial charge in [0.25, 0.3) is 0 Å². The highest BCUT2D eigenvalue weighted by atomic mass is 19.1. The number of hydrogen-bond donors (Lipinski definition) is 0. The van der Waals surface area contributed by atoms with E-state index in [9.17, 15) is 4.39 Å². The van der Waals surface area contributed by atoms with Crippen LogP contribution >= 0.6 is 0 Å². The van der Waals surface area contributed by atoms with Crippen LogP contribution in [0.1, 0.15) is 23.0 Å². The summed E-state index contributed by atoms with van der Waals surface area (Å²) in [6.07, 6.45) is 1.84. The molecule has 1 saturated heterocycles. The van der Waals surface area contributed by atoms with Gasteiger partial charge in [0.1, 0.15) is 11.9 Å². The smallest absolute Gasteiger partial charge is 0.179 e. The van der Waals surface area contributed by atoms with E-state index in [2.05, 4.69) is 45.0 Å². The van der Waals surface area contributed by atoms with Crippen LogP contribution in [0, 0.1) is 12.7 Å². The lowest BCUT2D eigenvalue weighted by atomic mass is 9.96. The molecule has 5 heterocycles. The summed E-state index contributed by atoms with van der Waals surface area (Å²) in [6.45, 7) is 5.13. The number of para-hydroxylation sites is 3. The summed E-state index contributed by atoms with van der Waals surface area (Å²) in [5, 5.41) is 5.01. The zero-order valence-corrected chi connectivity index (χ0v) is 23.7. The van der Waals surface area contributed by atoms with Gasteiger partial charge in [0.05, 0.1) is 28.5 Å². The highest BCUT2D eigenvalue weighted by Gasteiger charge is 2.43. The van der Waals surface area contributed by atoms with Gasteiger partial charge in [0.2, 0.25) is 0 Å². The number of rotatable bonds is 3. The SMILES string of the molecule is Cc1nn(-c2ccccc2)c2c1[C@H](c1ccccn1)N1C(=N2)C(N2CCN(c3ccc(F)cc3)CC2)=Nc2ccccc21. The number of benzene rings is 3. The van der Waals surface area contributed by atoms with Crippen molar-refractivity contribution >= 4 is 34.6 Å². The van der Waals surface area contributed by atoms with Gasteiger partial charge in [0.15, 0.2) is 17.5 Å². The van der Waals surface area contributed by atoms with Gasteiger partial charge in [-0.05, 0) is 67.6 Å². The molecule has 3 aliphatic heterocycles. The Morgan fingerprint density at radius 1 is 0.698 bits per heavy atom. The van der Waals surface area contributed by atoms with Crippen molar-refractivity contribution < 1.29 is 4.39 Å². The minimum absolute atomic E-state index is 0.222. The molecule has 9 heteroatoms. The minimum atomic E-state index is -0.242. The third kappa shape index (κ3) is 4.27. The summed E-state index contributed by atoms with van der Waals surface area (Å²) in [4.78, 5) is 22.3. The second-order valence-electron chi connectivity index (χ2n) is 10.9. The van der Waals surface area contributed by atoms with Crippen LogP contribution < -0.4 is 9.80 Å². The van der Waals surface area contributed by atoms with Gasteiger partial charge in [-0.2, -0.15) is 5.10 Å². The first kappa shape index (κ1) is 25.4. The zero-order chi connectivity index (χ0) is 28.9. The Bertz CT molecular complexity index is 1860. The first-order chi connectivity index (χ1) is 21.2. The van der Waals surface area contributed by atoms with Gasteiger partial charge in [0, 0.05) is 43.6 Å². The molecule has 0 bridgehead atoms. The monoisotopic (exact) mass is 568 g/mol. The minimum Gasteiger partial charge on any atom is -0.368 e. The molecule has 8 nitrogen and oxygen atoms in total. The topological polar surface area (TPSA) is 65.2 Å². The van der Waals surface area contributed by atoms with E-state index in [1.165, 1.54) is 12.1 Å². The van der Waals surface area contributed by atoms with E-state index in [4.69, 9.17) is 20.1 Å². The van der Waals surface area contributed by atoms with E-state index < -0.39 is 0 Å². The molecule has 0 aliphatic carbocycles. The summed E-state index contributed by atoms with van der Waals surface area (Å²) >= 11 is 0. The molecule has 5 aromatic rings. The lowest BCUT2D eigenvalue weighted by molar-refractivity contribution is 0.389. The number of nitrogens with zero attached hydrogens (tertiary/aromatic N) is 8. The number of hydrogen-bond acceptors (Lipinski definition) is 7. The van der Waals surface area contributed by atoms with Crippen LogP contribution in [0.2, 0.25) is 0 Å². The highest BCUT2D eigenvalue weighted by molar-refractivity contribution is 6.48. The fourth-order valence-electron chi connectivity index (χ4n) is 6.31. The fourth-order valence-corrected chi connectivity index (χ4v) is 6.31. The molecular weight excluding hydrogens is 539 g/mol. The second-order valence-corrected chi connectivity index (χ2v) is 10.9. The lowest BCUT2D eigenvalue weighted by Crippen LogP contribution is -2.55. The Kier molecular flexibility index (Phi) is 6.03. The van der Waals surface area contributed by atoms with Crippen LogP contribution in [-0.2, 0) is 0 Å². The largest absolute Gasteiger partial charge is 0.368 e. The van der Waals surface area contributed by atoms with Crippen LogP contribution in [0.25, 0.3) is 5.69 Å². The van der Waals surface area contributed by atoms with Gasteiger partial charge in [-0.15, -0.1) is 0 Å². The van der Waals surface area contributed by atoms with Crippen LogP contribution in [0.3, 0.4) is 0 Å². The quantitative estimate of drug-likeness (QED) is 0.259. The third-order valence-electron chi connectivity index (χ3n) is 8.36. The molecule has 1 atom stereocenters. The Morgan fingerprint density at radius 2 is 1.42 bits per heavy atom. The first-order valence-corrected chi connectivity index (χ1v) is 14.5. The Labute approximate surface area is 249 Å². The highest BCUT2D eigenvalue weighted by Crippen LogP contribution is 2.48. The molecular formula is C34H29FN8. The van der Waals surface area contributed by atoms with Crippen LogP contribution in [0.15, 0.2) is 113 Å². The van der Waals surface area contributed by atoms with Gasteiger partial charge < -0.3 is 14.7 Å². The number of aryl methyl sites for hydroxylation is 1. The summed E-state index contributed by atoms with van der Waals surface area (Å²) in [5.74, 6) is 2.19. The molecule has 0 N–H and O–H groups in total. The number of fused-ring (bicyclic) bond motifs is 4. The van der Waals surface area contributed by atoms with E-state index in [1.54, 1.807) is 0 Å². The zero-order valence-electron chi connectivity index (χ0n) is 23.7. The number of amidine groups is 2. The van der Waals surface area contributed by atoms with Crippen molar-refractivity contribution in [2.24, 2.45) is 9.98 Å². The molecule has 3 aromatic carbocycles. The predicted molar refractivity (Wildman–Crippen MR) is 168 cm³/mol. The lowest BCUT2D eigenvalue weighted by Gasteiger charge is -2.44. The Hall–Kier alpha value is -5.31. The van der Waals surface area contributed by atoms with Crippen molar-refractivity contribution in [3.05, 3.63) is 126 Å². The summed E-state index contributed by atoms with van der Waals surface area (Å²) in [6, 6.07) is 30.9. The molecule has 212 valence electrons. The number of piperazine rings is 1. The van der Waals surface area contributed by atoms with Crippen molar-refractivity contribution in [1.29, 1.82) is 0 Å². The summed E-state index contributed by atoms with van der Waals surface area (Å²) in [5.41, 5.74) is 6.72. The third-order valence-corrected chi connectivity index (χ3v) is 8.36. The molecule has 0 amide bonds. The predicted octanol–water partition coefficient (Wildman–Crippen LogP) is 6.22. The molecule has 0 saturated carbocycles. The molecule has 1 fully saturated rings. The molecule has 0 unspecified atom stereocenters. The number of aliphatic imine (C=N–C) groups is 2. The van der Waals surface area contributed by atoms with E-state index in [0.717, 1.165) is 83.4 Å². The maximum absolute atomic E-state index is 13.6. The van der Waals surface area contributed by atoms with E-state index in [0.29, 0.717) is 0 Å². The summed E-state index contributed by atoms with van der Waals surface area (Å²) in [7, 11) is 0. The summed E-state index contributed by atoms with van der Waals surface area (Å²) < 4.78 is 15.5. The van der Waals surface area contributed by atoms with Crippen molar-refractivity contribution in [3.63, 3.8) is 0 Å². The van der Waals surface area contributed by atoms with Crippen molar-refractivity contribution in [2.45, 2.75) is 13.0 Å². The molecule has 2 aromatic heterocycles. The van der Waals surface area contributed by atoms with Crippen LogP contribution in [-0.4, -0.2) is 57.5 Å². The second kappa shape index (κ2) is 10.2. The van der Waals surface area contributed by atoms with Crippen molar-refractivity contribution in [1.82, 2.24) is 19.7 Å². The number of halogens is 1. The Balaban J connectivity index is 1.27. The van der Waals surface area contributed by atoms with Gasteiger partial charge in [-0.1, -0.05) is 36.4 Å². The molecule has 0 spiro atoms. The average Bonchev–Trinajstić information content (AvgIpc) is 3.40. The van der Waals surface area contributed by atoms with E-state index in [1.807, 2.05) is 72.4 Å².